The van der Waals surface area contributed by atoms with E-state index in [0.717, 1.165) is 11.1 Å². The van der Waals surface area contributed by atoms with E-state index >= 15 is 0 Å². The zero-order valence-corrected chi connectivity index (χ0v) is 13.3. The molecule has 0 amide bonds. The second-order valence-corrected chi connectivity index (χ2v) is 4.87. The summed E-state index contributed by atoms with van der Waals surface area (Å²) in [5.74, 6) is 2.30. The van der Waals surface area contributed by atoms with Gasteiger partial charge in [-0.25, -0.2) is 0 Å². The molecule has 0 bridgehead atoms. The molecule has 1 heterocycles. The van der Waals surface area contributed by atoms with E-state index in [4.69, 9.17) is 19.9 Å². The molecule has 1 aromatic heterocycles. The fraction of sp³-hybridized carbons (Fsp3) is 0.308. The summed E-state index contributed by atoms with van der Waals surface area (Å²) in [6.45, 7) is 0. The summed E-state index contributed by atoms with van der Waals surface area (Å²) in [5, 5.41) is 4.14. The Labute approximate surface area is 125 Å². The molecule has 6 nitrogen and oxygen atoms in total. The molecule has 108 valence electrons. The maximum Gasteiger partial charge on any atom is 0.178 e. The Bertz CT molecular complexity index is 640. The molecule has 0 saturated carbocycles. The number of hydrogen-bond donors (Lipinski definition) is 1. The van der Waals surface area contributed by atoms with E-state index in [9.17, 15) is 0 Å². The topological polar surface area (TPSA) is 71.5 Å². The number of aryl methyl sites for hydroxylation is 1. The van der Waals surface area contributed by atoms with Crippen molar-refractivity contribution in [2.24, 2.45) is 7.05 Å². The summed E-state index contributed by atoms with van der Waals surface area (Å²) >= 11 is 3.47. The van der Waals surface area contributed by atoms with Crippen molar-refractivity contribution in [2.45, 2.75) is 0 Å². The molecule has 20 heavy (non-hydrogen) atoms. The lowest BCUT2D eigenvalue weighted by molar-refractivity contribution is 0.346. The van der Waals surface area contributed by atoms with Crippen LogP contribution in [0.15, 0.2) is 16.7 Å². The van der Waals surface area contributed by atoms with Gasteiger partial charge in [0.2, 0.25) is 0 Å². The highest BCUT2D eigenvalue weighted by atomic mass is 79.9. The third kappa shape index (κ3) is 2.18. The highest BCUT2D eigenvalue weighted by Gasteiger charge is 2.22. The Morgan fingerprint density at radius 3 is 2.20 bits per heavy atom. The number of nitrogen functional groups attached to an aromatic ring is 1. The molecule has 0 saturated heterocycles. The van der Waals surface area contributed by atoms with Crippen molar-refractivity contribution in [1.29, 1.82) is 0 Å². The smallest absolute Gasteiger partial charge is 0.178 e. The molecule has 2 aromatic rings. The SMILES string of the molecule is COc1cc(-c2cnn(C)c2N)c(OC)c(Br)c1OC. The van der Waals surface area contributed by atoms with Crippen LogP contribution in [-0.4, -0.2) is 31.1 Å². The quantitative estimate of drug-likeness (QED) is 0.924. The summed E-state index contributed by atoms with van der Waals surface area (Å²) in [6.07, 6.45) is 1.69. The number of benzene rings is 1. The van der Waals surface area contributed by atoms with Crippen molar-refractivity contribution < 1.29 is 14.2 Å². The van der Waals surface area contributed by atoms with E-state index in [1.165, 1.54) is 0 Å². The first-order valence-corrected chi connectivity index (χ1v) is 6.60. The van der Waals surface area contributed by atoms with Gasteiger partial charge in [-0.2, -0.15) is 5.10 Å². The molecule has 0 radical (unpaired) electrons. The summed E-state index contributed by atoms with van der Waals surface area (Å²) < 4.78 is 18.4. The van der Waals surface area contributed by atoms with Crippen LogP contribution in [0.4, 0.5) is 5.82 Å². The Morgan fingerprint density at radius 1 is 1.10 bits per heavy atom. The minimum Gasteiger partial charge on any atom is -0.495 e. The molecular formula is C13H16BrN3O3. The first-order valence-electron chi connectivity index (χ1n) is 5.81. The third-order valence-corrected chi connectivity index (χ3v) is 3.77. The van der Waals surface area contributed by atoms with E-state index in [2.05, 4.69) is 21.0 Å². The van der Waals surface area contributed by atoms with Crippen LogP contribution >= 0.6 is 15.9 Å². The van der Waals surface area contributed by atoms with Gasteiger partial charge >= 0.3 is 0 Å². The fourth-order valence-corrected chi connectivity index (χ4v) is 2.72. The Balaban J connectivity index is 2.75. The number of nitrogens with two attached hydrogens (primary N) is 1. The number of aromatic nitrogens is 2. The maximum absolute atomic E-state index is 6.03. The lowest BCUT2D eigenvalue weighted by atomic mass is 10.1. The van der Waals surface area contributed by atoms with Crippen LogP contribution in [0, 0.1) is 0 Å². The number of ether oxygens (including phenoxy) is 3. The van der Waals surface area contributed by atoms with Gasteiger partial charge in [-0.1, -0.05) is 0 Å². The van der Waals surface area contributed by atoms with Crippen LogP contribution in [0.5, 0.6) is 17.2 Å². The number of methoxy groups -OCH3 is 3. The number of hydrogen-bond acceptors (Lipinski definition) is 5. The van der Waals surface area contributed by atoms with Crippen LogP contribution in [-0.2, 0) is 7.05 Å². The van der Waals surface area contributed by atoms with Crippen molar-refractivity contribution in [3.8, 4) is 28.4 Å². The van der Waals surface area contributed by atoms with Crippen molar-refractivity contribution in [3.63, 3.8) is 0 Å². The standard InChI is InChI=1S/C13H16BrN3O3/c1-17-13(15)8(6-16-17)7-5-9(18-2)12(20-4)10(14)11(7)19-3/h5-6H,15H2,1-4H3. The second kappa shape index (κ2) is 5.62. The Kier molecular flexibility index (Phi) is 4.08. The van der Waals surface area contributed by atoms with E-state index in [1.807, 2.05) is 6.07 Å². The predicted molar refractivity (Wildman–Crippen MR) is 80.4 cm³/mol. The molecule has 0 atom stereocenters. The largest absolute Gasteiger partial charge is 0.495 e. The molecule has 2 N–H and O–H groups in total. The first kappa shape index (κ1) is 14.5. The highest BCUT2D eigenvalue weighted by molar-refractivity contribution is 9.10. The third-order valence-electron chi connectivity index (χ3n) is 3.05. The Morgan fingerprint density at radius 2 is 1.75 bits per heavy atom. The molecule has 0 aliphatic rings. The van der Waals surface area contributed by atoms with Gasteiger partial charge < -0.3 is 19.9 Å². The van der Waals surface area contributed by atoms with Crippen LogP contribution in [0.3, 0.4) is 0 Å². The molecule has 0 aliphatic carbocycles. The predicted octanol–water partition coefficient (Wildman–Crippen LogP) is 2.46. The van der Waals surface area contributed by atoms with Crippen LogP contribution in [0.25, 0.3) is 11.1 Å². The van der Waals surface area contributed by atoms with Gasteiger partial charge in [0.1, 0.15) is 16.0 Å². The van der Waals surface area contributed by atoms with Gasteiger partial charge in [0, 0.05) is 18.2 Å². The molecule has 2 rings (SSSR count). The van der Waals surface area contributed by atoms with E-state index in [-0.39, 0.29) is 0 Å². The molecule has 1 aromatic carbocycles. The summed E-state index contributed by atoms with van der Waals surface area (Å²) in [5.41, 5.74) is 7.58. The van der Waals surface area contributed by atoms with Crippen molar-refractivity contribution >= 4 is 21.7 Å². The van der Waals surface area contributed by atoms with Crippen molar-refractivity contribution in [1.82, 2.24) is 9.78 Å². The fourth-order valence-electron chi connectivity index (χ4n) is 1.99. The van der Waals surface area contributed by atoms with Gasteiger partial charge in [-0.15, -0.1) is 0 Å². The monoisotopic (exact) mass is 341 g/mol. The van der Waals surface area contributed by atoms with Gasteiger partial charge in [-0.3, -0.25) is 4.68 Å². The molecular weight excluding hydrogens is 326 g/mol. The minimum atomic E-state index is 0.544. The maximum atomic E-state index is 6.03. The van der Waals surface area contributed by atoms with Crippen LogP contribution < -0.4 is 19.9 Å². The zero-order chi connectivity index (χ0) is 14.9. The van der Waals surface area contributed by atoms with E-state index in [0.29, 0.717) is 27.5 Å². The van der Waals surface area contributed by atoms with E-state index in [1.54, 1.807) is 39.3 Å². The number of nitrogens with zero attached hydrogens (tertiary/aromatic N) is 2. The van der Waals surface area contributed by atoms with Gasteiger partial charge in [0.15, 0.2) is 11.5 Å². The average molecular weight is 342 g/mol. The van der Waals surface area contributed by atoms with Gasteiger partial charge in [0.05, 0.1) is 27.5 Å². The lowest BCUT2D eigenvalue weighted by Gasteiger charge is -2.16. The molecule has 0 fully saturated rings. The van der Waals surface area contributed by atoms with Crippen LogP contribution in [0.1, 0.15) is 0 Å². The van der Waals surface area contributed by atoms with E-state index < -0.39 is 0 Å². The Hall–Kier alpha value is -1.89. The highest BCUT2D eigenvalue weighted by Crippen LogP contribution is 2.48. The number of rotatable bonds is 4. The lowest BCUT2D eigenvalue weighted by Crippen LogP contribution is -2.00. The molecule has 7 heteroatoms. The molecule has 0 aliphatic heterocycles. The number of halogens is 1. The molecule has 0 spiro atoms. The van der Waals surface area contributed by atoms with Crippen LogP contribution in [0.2, 0.25) is 0 Å². The van der Waals surface area contributed by atoms with Gasteiger partial charge in [-0.05, 0) is 22.0 Å². The first-order chi connectivity index (χ1) is 9.54. The number of anilines is 1. The molecule has 0 unspecified atom stereocenters. The summed E-state index contributed by atoms with van der Waals surface area (Å²) in [7, 11) is 6.51. The average Bonchev–Trinajstić information content (AvgIpc) is 2.77. The van der Waals surface area contributed by atoms with Crippen molar-refractivity contribution in [2.75, 3.05) is 27.1 Å². The van der Waals surface area contributed by atoms with Gasteiger partial charge in [0.25, 0.3) is 0 Å². The second-order valence-electron chi connectivity index (χ2n) is 4.07. The minimum absolute atomic E-state index is 0.544. The zero-order valence-electron chi connectivity index (χ0n) is 11.7. The normalized spacial score (nSPS) is 10.4. The van der Waals surface area contributed by atoms with Crippen molar-refractivity contribution in [3.05, 3.63) is 16.7 Å². The summed E-state index contributed by atoms with van der Waals surface area (Å²) in [4.78, 5) is 0. The summed E-state index contributed by atoms with van der Waals surface area (Å²) in [6, 6.07) is 1.82.